The molecule has 0 aliphatic carbocycles. The quantitative estimate of drug-likeness (QED) is 0.855. The van der Waals surface area contributed by atoms with E-state index in [0.717, 1.165) is 5.56 Å². The summed E-state index contributed by atoms with van der Waals surface area (Å²) in [5, 5.41) is 13.5. The van der Waals surface area contributed by atoms with Crippen LogP contribution < -0.4 is 5.32 Å². The van der Waals surface area contributed by atoms with Crippen molar-refractivity contribution in [2.24, 2.45) is 0 Å². The van der Waals surface area contributed by atoms with E-state index >= 15 is 0 Å². The van der Waals surface area contributed by atoms with E-state index in [4.69, 9.17) is 4.74 Å². The van der Waals surface area contributed by atoms with Crippen LogP contribution in [0.2, 0.25) is 0 Å². The number of rotatable bonds is 3. The summed E-state index contributed by atoms with van der Waals surface area (Å²) in [4.78, 5) is 26.3. The van der Waals surface area contributed by atoms with Crippen LogP contribution in [0.3, 0.4) is 0 Å². The Kier molecular flexibility index (Phi) is 5.86. The minimum absolute atomic E-state index is 0.0186. The lowest BCUT2D eigenvalue weighted by Gasteiger charge is -2.36. The summed E-state index contributed by atoms with van der Waals surface area (Å²) in [7, 11) is 1.36. The number of aliphatic hydroxyl groups excluding tert-OH is 1. The SMILES string of the molecule is COC(=O)N(Cc1ccccc1)[C@@H]1[C@@H]2SC[C@@H]1NC(=O)CCC[C@@H]2O. The number of thioether (sulfide) groups is 1. The topological polar surface area (TPSA) is 78.9 Å². The standard InChI is InChI=1S/C18H24N2O4S/c1-24-18(23)20(10-12-6-3-2-4-7-12)16-13-11-25-17(16)14(21)8-5-9-15(22)19-13/h2-4,6-7,13-14,16-17,21H,5,8-11H2,1H3,(H,19,22)/t13-,14-,16-,17+/m0/s1. The number of nitrogens with zero attached hydrogens (tertiary/aromatic N) is 1. The van der Waals surface area contributed by atoms with Crippen molar-refractivity contribution in [1.82, 2.24) is 10.2 Å². The van der Waals surface area contributed by atoms with Crippen molar-refractivity contribution in [3.05, 3.63) is 35.9 Å². The van der Waals surface area contributed by atoms with Crippen LogP contribution in [0, 0.1) is 0 Å². The number of carbonyl (C=O) groups is 2. The summed E-state index contributed by atoms with van der Waals surface area (Å²) >= 11 is 1.62. The van der Waals surface area contributed by atoms with Gasteiger partial charge < -0.3 is 15.2 Å². The zero-order valence-corrected chi connectivity index (χ0v) is 15.1. The molecule has 0 spiro atoms. The van der Waals surface area contributed by atoms with Crippen LogP contribution in [0.1, 0.15) is 24.8 Å². The van der Waals surface area contributed by atoms with Crippen molar-refractivity contribution in [1.29, 1.82) is 0 Å². The molecule has 1 aromatic rings. The molecule has 2 aliphatic heterocycles. The lowest BCUT2D eigenvalue weighted by Crippen LogP contribution is -2.56. The van der Waals surface area contributed by atoms with Gasteiger partial charge in [0.15, 0.2) is 0 Å². The lowest BCUT2D eigenvalue weighted by molar-refractivity contribution is -0.122. The van der Waals surface area contributed by atoms with Gasteiger partial charge in [0.2, 0.25) is 5.91 Å². The number of hydrogen-bond donors (Lipinski definition) is 2. The van der Waals surface area contributed by atoms with Gasteiger partial charge in [0, 0.05) is 18.7 Å². The van der Waals surface area contributed by atoms with E-state index in [1.165, 1.54) is 7.11 Å². The third-order valence-electron chi connectivity index (χ3n) is 4.81. The average Bonchev–Trinajstić information content (AvgIpc) is 3.04. The first-order valence-corrected chi connectivity index (χ1v) is 9.62. The van der Waals surface area contributed by atoms with Crippen molar-refractivity contribution < 1.29 is 19.4 Å². The number of amides is 2. The summed E-state index contributed by atoms with van der Waals surface area (Å²) in [6.45, 7) is 0.383. The maximum Gasteiger partial charge on any atom is 0.410 e. The summed E-state index contributed by atoms with van der Waals surface area (Å²) in [5.41, 5.74) is 0.984. The Bertz CT molecular complexity index is 612. The maximum atomic E-state index is 12.5. The van der Waals surface area contributed by atoms with Crippen LogP contribution in [-0.4, -0.2) is 58.3 Å². The number of aliphatic hydroxyl groups is 1. The molecule has 2 aliphatic rings. The Balaban J connectivity index is 1.91. The van der Waals surface area contributed by atoms with Gasteiger partial charge in [0.05, 0.1) is 30.5 Å². The van der Waals surface area contributed by atoms with Gasteiger partial charge in [-0.1, -0.05) is 30.3 Å². The van der Waals surface area contributed by atoms with Crippen molar-refractivity contribution in [2.75, 3.05) is 12.9 Å². The van der Waals surface area contributed by atoms with Gasteiger partial charge in [-0.05, 0) is 18.4 Å². The third kappa shape index (κ3) is 4.10. The Morgan fingerprint density at radius 3 is 2.88 bits per heavy atom. The van der Waals surface area contributed by atoms with Crippen molar-refractivity contribution >= 4 is 23.8 Å². The van der Waals surface area contributed by atoms with Gasteiger partial charge in [-0.15, -0.1) is 0 Å². The fourth-order valence-electron chi connectivity index (χ4n) is 3.61. The number of fused-ring (bicyclic) bond motifs is 2. The van der Waals surface area contributed by atoms with E-state index in [1.54, 1.807) is 16.7 Å². The predicted molar refractivity (Wildman–Crippen MR) is 96.2 cm³/mol. The molecular formula is C18H24N2O4S. The monoisotopic (exact) mass is 364 g/mol. The number of methoxy groups -OCH3 is 1. The van der Waals surface area contributed by atoms with Crippen LogP contribution in [0.4, 0.5) is 4.79 Å². The summed E-state index contributed by atoms with van der Waals surface area (Å²) in [6, 6.07) is 9.20. The summed E-state index contributed by atoms with van der Waals surface area (Å²) in [5.74, 6) is 0.662. The third-order valence-corrected chi connectivity index (χ3v) is 6.34. The number of carbonyl (C=O) groups excluding carboxylic acids is 2. The normalized spacial score (nSPS) is 29.1. The molecule has 2 bridgehead atoms. The fraction of sp³-hybridized carbons (Fsp3) is 0.556. The predicted octanol–water partition coefficient (Wildman–Crippen LogP) is 1.77. The molecule has 2 saturated heterocycles. The molecule has 7 heteroatoms. The highest BCUT2D eigenvalue weighted by molar-refractivity contribution is 8.00. The first-order chi connectivity index (χ1) is 12.1. The average molecular weight is 364 g/mol. The number of hydrogen-bond acceptors (Lipinski definition) is 5. The van der Waals surface area contributed by atoms with Gasteiger partial charge in [0.1, 0.15) is 0 Å². The molecule has 136 valence electrons. The molecule has 6 nitrogen and oxygen atoms in total. The van der Waals surface area contributed by atoms with Crippen LogP contribution >= 0.6 is 11.8 Å². The minimum atomic E-state index is -0.546. The molecular weight excluding hydrogens is 340 g/mol. The molecule has 4 atom stereocenters. The number of nitrogens with one attached hydrogen (secondary N) is 1. The zero-order chi connectivity index (χ0) is 17.8. The number of ether oxygens (including phenoxy) is 1. The molecule has 1 aromatic carbocycles. The van der Waals surface area contributed by atoms with Gasteiger partial charge in [-0.2, -0.15) is 11.8 Å². The molecule has 2 N–H and O–H groups in total. The fourth-order valence-corrected chi connectivity index (χ4v) is 5.21. The van der Waals surface area contributed by atoms with E-state index in [1.807, 2.05) is 30.3 Å². The van der Waals surface area contributed by atoms with Gasteiger partial charge in [0.25, 0.3) is 0 Å². The molecule has 3 rings (SSSR count). The molecule has 2 fully saturated rings. The van der Waals surface area contributed by atoms with Crippen LogP contribution in [0.5, 0.6) is 0 Å². The molecule has 2 heterocycles. The molecule has 0 unspecified atom stereocenters. The second-order valence-electron chi connectivity index (χ2n) is 6.51. The molecule has 0 aromatic heterocycles. The van der Waals surface area contributed by atoms with E-state index in [-0.39, 0.29) is 23.2 Å². The maximum absolute atomic E-state index is 12.5. The van der Waals surface area contributed by atoms with Crippen molar-refractivity contribution in [3.8, 4) is 0 Å². The zero-order valence-electron chi connectivity index (χ0n) is 14.3. The Morgan fingerprint density at radius 1 is 1.40 bits per heavy atom. The van der Waals surface area contributed by atoms with Crippen LogP contribution in [-0.2, 0) is 16.1 Å². The van der Waals surface area contributed by atoms with E-state index in [2.05, 4.69) is 5.32 Å². The van der Waals surface area contributed by atoms with Crippen molar-refractivity contribution in [2.45, 2.75) is 49.2 Å². The lowest BCUT2D eigenvalue weighted by atomic mass is 9.98. The Labute approximate surface area is 151 Å². The first-order valence-electron chi connectivity index (χ1n) is 8.57. The van der Waals surface area contributed by atoms with E-state index < -0.39 is 12.2 Å². The molecule has 0 saturated carbocycles. The summed E-state index contributed by atoms with van der Waals surface area (Å²) < 4.78 is 5.01. The van der Waals surface area contributed by atoms with Crippen LogP contribution in [0.15, 0.2) is 30.3 Å². The van der Waals surface area contributed by atoms with Gasteiger partial charge in [-0.3, -0.25) is 9.69 Å². The van der Waals surface area contributed by atoms with Gasteiger partial charge >= 0.3 is 6.09 Å². The highest BCUT2D eigenvalue weighted by atomic mass is 32.2. The largest absolute Gasteiger partial charge is 0.453 e. The highest BCUT2D eigenvalue weighted by Gasteiger charge is 2.47. The molecule has 2 amide bonds. The smallest absolute Gasteiger partial charge is 0.410 e. The van der Waals surface area contributed by atoms with Gasteiger partial charge in [-0.25, -0.2) is 4.79 Å². The number of benzene rings is 1. The van der Waals surface area contributed by atoms with E-state index in [9.17, 15) is 14.7 Å². The Hall–Kier alpha value is -1.73. The Morgan fingerprint density at radius 2 is 2.16 bits per heavy atom. The van der Waals surface area contributed by atoms with Crippen LogP contribution in [0.25, 0.3) is 0 Å². The van der Waals surface area contributed by atoms with E-state index in [0.29, 0.717) is 31.6 Å². The highest BCUT2D eigenvalue weighted by Crippen LogP contribution is 2.36. The molecule has 0 radical (unpaired) electrons. The second-order valence-corrected chi connectivity index (χ2v) is 7.72. The summed E-state index contributed by atoms with van der Waals surface area (Å²) in [6.07, 6.45) is 0.645. The molecule has 25 heavy (non-hydrogen) atoms. The second kappa shape index (κ2) is 8.10. The first kappa shape index (κ1) is 18.1. The minimum Gasteiger partial charge on any atom is -0.453 e. The van der Waals surface area contributed by atoms with Crippen molar-refractivity contribution in [3.63, 3.8) is 0 Å².